The van der Waals surface area contributed by atoms with Crippen molar-refractivity contribution in [3.63, 3.8) is 0 Å². The van der Waals surface area contributed by atoms with Gasteiger partial charge in [-0.3, -0.25) is 9.59 Å². The third-order valence-electron chi connectivity index (χ3n) is 5.84. The largest absolute Gasteiger partial charge is 0.481 e. The van der Waals surface area contributed by atoms with Gasteiger partial charge in [-0.2, -0.15) is 0 Å². The van der Waals surface area contributed by atoms with Gasteiger partial charge in [0, 0.05) is 48.0 Å². The van der Waals surface area contributed by atoms with Crippen LogP contribution >= 0.6 is 0 Å². The predicted molar refractivity (Wildman–Crippen MR) is 120 cm³/mol. The molecule has 0 saturated heterocycles. The first kappa shape index (κ1) is 21.5. The monoisotopic (exact) mass is 431 g/mol. The van der Waals surface area contributed by atoms with Crippen molar-refractivity contribution in [2.45, 2.75) is 26.7 Å². The number of carbonyl (C=O) groups excluding carboxylic acids is 1. The normalized spacial score (nSPS) is 14.7. The fraction of sp³-hybridized carbons (Fsp3) is 0.280. The predicted octanol–water partition coefficient (Wildman–Crippen LogP) is 4.50. The van der Waals surface area contributed by atoms with Gasteiger partial charge in [-0.15, -0.1) is 0 Å². The van der Waals surface area contributed by atoms with E-state index in [1.807, 2.05) is 43.3 Å². The molecule has 1 aliphatic heterocycles. The minimum Gasteiger partial charge on any atom is -0.481 e. The van der Waals surface area contributed by atoms with E-state index in [0.717, 1.165) is 16.8 Å². The van der Waals surface area contributed by atoms with E-state index >= 15 is 0 Å². The van der Waals surface area contributed by atoms with Crippen LogP contribution in [0.2, 0.25) is 0 Å². The van der Waals surface area contributed by atoms with Gasteiger partial charge in [-0.05, 0) is 45.0 Å². The van der Waals surface area contributed by atoms with Crippen LogP contribution in [0.3, 0.4) is 0 Å². The van der Waals surface area contributed by atoms with Crippen molar-refractivity contribution in [3.05, 3.63) is 70.9 Å². The number of aromatic nitrogens is 2. The number of hydrogen-bond acceptors (Lipinski definition) is 5. The number of aliphatic carboxylic acids is 1. The van der Waals surface area contributed by atoms with Crippen molar-refractivity contribution >= 4 is 11.9 Å². The standard InChI is InChI=1S/C25H25N3O4/c1-14-6-11-17-20(25(2,3)24(30)31)18-12-13-19(27-22(18)32-21(17)26-14)15-7-9-16(10-8-15)23(29)28(4)5/h6-13,20H,1-5H3,(H,30,31). The number of fused-ring (bicyclic) bond motifs is 2. The van der Waals surface area contributed by atoms with Gasteiger partial charge in [0.1, 0.15) is 0 Å². The van der Waals surface area contributed by atoms with Gasteiger partial charge < -0.3 is 14.7 Å². The highest BCUT2D eigenvalue weighted by Gasteiger charge is 2.44. The van der Waals surface area contributed by atoms with E-state index in [4.69, 9.17) is 9.72 Å². The lowest BCUT2D eigenvalue weighted by Gasteiger charge is -2.35. The summed E-state index contributed by atoms with van der Waals surface area (Å²) >= 11 is 0. The molecule has 32 heavy (non-hydrogen) atoms. The van der Waals surface area contributed by atoms with Crippen LogP contribution in [0.4, 0.5) is 0 Å². The van der Waals surface area contributed by atoms with Crippen molar-refractivity contribution in [3.8, 4) is 23.0 Å². The second-order valence-electron chi connectivity index (χ2n) is 8.78. The van der Waals surface area contributed by atoms with E-state index in [1.165, 1.54) is 4.90 Å². The third-order valence-corrected chi connectivity index (χ3v) is 5.84. The molecule has 0 radical (unpaired) electrons. The number of ether oxygens (including phenoxy) is 1. The topological polar surface area (TPSA) is 92.6 Å². The van der Waals surface area contributed by atoms with Crippen molar-refractivity contribution in [2.24, 2.45) is 5.41 Å². The summed E-state index contributed by atoms with van der Waals surface area (Å²) in [4.78, 5) is 35.0. The second-order valence-corrected chi connectivity index (χ2v) is 8.78. The Morgan fingerprint density at radius 1 is 0.938 bits per heavy atom. The summed E-state index contributed by atoms with van der Waals surface area (Å²) in [6.45, 7) is 5.26. The summed E-state index contributed by atoms with van der Waals surface area (Å²) in [5.41, 5.74) is 3.19. The number of benzene rings is 1. The van der Waals surface area contributed by atoms with Crippen LogP contribution in [0.15, 0.2) is 48.5 Å². The highest BCUT2D eigenvalue weighted by atomic mass is 16.5. The lowest BCUT2D eigenvalue weighted by Crippen LogP contribution is -2.34. The third kappa shape index (κ3) is 3.60. The number of nitrogens with zero attached hydrogens (tertiary/aromatic N) is 3. The van der Waals surface area contributed by atoms with Gasteiger partial charge in [-0.1, -0.05) is 24.3 Å². The van der Waals surface area contributed by atoms with Crippen molar-refractivity contribution in [1.82, 2.24) is 14.9 Å². The quantitative estimate of drug-likeness (QED) is 0.654. The number of aryl methyl sites for hydroxylation is 1. The van der Waals surface area contributed by atoms with Crippen LogP contribution in [0.25, 0.3) is 11.3 Å². The minimum absolute atomic E-state index is 0.0740. The lowest BCUT2D eigenvalue weighted by atomic mass is 9.71. The molecule has 0 fully saturated rings. The molecule has 7 nitrogen and oxygen atoms in total. The summed E-state index contributed by atoms with van der Waals surface area (Å²) in [7, 11) is 3.42. The molecule has 1 aliphatic rings. The average molecular weight is 431 g/mol. The maximum absolute atomic E-state index is 12.1. The van der Waals surface area contributed by atoms with Crippen LogP contribution in [0.5, 0.6) is 11.8 Å². The van der Waals surface area contributed by atoms with Crippen LogP contribution in [-0.4, -0.2) is 45.9 Å². The van der Waals surface area contributed by atoms with E-state index < -0.39 is 17.3 Å². The van der Waals surface area contributed by atoms with Crippen LogP contribution in [0, 0.1) is 12.3 Å². The molecular weight excluding hydrogens is 406 g/mol. The number of carboxylic acid groups (broad SMARTS) is 1. The molecule has 0 spiro atoms. The van der Waals surface area contributed by atoms with Crippen LogP contribution < -0.4 is 4.74 Å². The average Bonchev–Trinajstić information content (AvgIpc) is 2.76. The van der Waals surface area contributed by atoms with E-state index in [1.54, 1.807) is 40.1 Å². The lowest BCUT2D eigenvalue weighted by molar-refractivity contribution is -0.147. The van der Waals surface area contributed by atoms with E-state index in [-0.39, 0.29) is 5.91 Å². The number of carboxylic acids is 1. The Kier molecular flexibility index (Phi) is 5.20. The Morgan fingerprint density at radius 3 is 2.12 bits per heavy atom. The maximum atomic E-state index is 12.1. The number of pyridine rings is 2. The molecule has 1 N–H and O–H groups in total. The highest BCUT2D eigenvalue weighted by molar-refractivity contribution is 5.94. The Bertz CT molecular complexity index is 1220. The summed E-state index contributed by atoms with van der Waals surface area (Å²) in [6, 6.07) is 14.6. The smallest absolute Gasteiger partial charge is 0.310 e. The molecule has 7 heteroatoms. The van der Waals surface area contributed by atoms with Crippen molar-refractivity contribution < 1.29 is 19.4 Å². The molecule has 0 bridgehead atoms. The van der Waals surface area contributed by atoms with Crippen LogP contribution in [-0.2, 0) is 4.79 Å². The fourth-order valence-corrected chi connectivity index (χ4v) is 3.96. The zero-order chi connectivity index (χ0) is 23.2. The minimum atomic E-state index is -1.10. The first-order valence-electron chi connectivity index (χ1n) is 10.3. The second kappa shape index (κ2) is 7.75. The summed E-state index contributed by atoms with van der Waals surface area (Å²) in [5.74, 6) is -0.718. The number of rotatable bonds is 4. The van der Waals surface area contributed by atoms with E-state index in [2.05, 4.69) is 4.98 Å². The summed E-state index contributed by atoms with van der Waals surface area (Å²) in [6.07, 6.45) is 0. The van der Waals surface area contributed by atoms with Gasteiger partial charge >= 0.3 is 5.97 Å². The first-order valence-corrected chi connectivity index (χ1v) is 10.3. The molecule has 1 aromatic carbocycles. The maximum Gasteiger partial charge on any atom is 0.310 e. The van der Waals surface area contributed by atoms with E-state index in [0.29, 0.717) is 28.6 Å². The molecule has 1 amide bonds. The molecule has 2 aromatic heterocycles. The van der Waals surface area contributed by atoms with E-state index in [9.17, 15) is 14.7 Å². The number of hydrogen-bond donors (Lipinski definition) is 1. The molecule has 3 heterocycles. The van der Waals surface area contributed by atoms with Crippen molar-refractivity contribution in [2.75, 3.05) is 14.1 Å². The first-order chi connectivity index (χ1) is 15.1. The van der Waals surface area contributed by atoms with Crippen LogP contribution in [0.1, 0.15) is 46.9 Å². The molecule has 0 aliphatic carbocycles. The molecule has 3 aromatic rings. The molecule has 1 atom stereocenters. The number of amides is 1. The summed E-state index contributed by atoms with van der Waals surface area (Å²) in [5, 5.41) is 9.93. The Balaban J connectivity index is 1.79. The highest BCUT2D eigenvalue weighted by Crippen LogP contribution is 2.51. The van der Waals surface area contributed by atoms with Gasteiger partial charge in [0.05, 0.1) is 11.1 Å². The van der Waals surface area contributed by atoms with Gasteiger partial charge in [0.25, 0.3) is 5.91 Å². The van der Waals surface area contributed by atoms with Gasteiger partial charge in [-0.25, -0.2) is 9.97 Å². The zero-order valence-electron chi connectivity index (χ0n) is 18.7. The SMILES string of the molecule is Cc1ccc2c(n1)Oc1nc(-c3ccc(C(=O)N(C)C)cc3)ccc1C2C(C)(C)C(=O)O. The Hall–Kier alpha value is -3.74. The number of carbonyl (C=O) groups is 2. The molecule has 4 rings (SSSR count). The van der Waals surface area contributed by atoms with Gasteiger partial charge in [0.15, 0.2) is 0 Å². The molecule has 1 unspecified atom stereocenters. The zero-order valence-corrected chi connectivity index (χ0v) is 18.7. The molecule has 0 saturated carbocycles. The molecule has 164 valence electrons. The fourth-order valence-electron chi connectivity index (χ4n) is 3.96. The summed E-state index contributed by atoms with van der Waals surface area (Å²) < 4.78 is 6.04. The molecular formula is C25H25N3O4. The Morgan fingerprint density at radius 2 is 1.53 bits per heavy atom. The van der Waals surface area contributed by atoms with Crippen molar-refractivity contribution in [1.29, 1.82) is 0 Å². The van der Waals surface area contributed by atoms with Gasteiger partial charge in [0.2, 0.25) is 11.8 Å². The Labute approximate surface area is 186 Å².